The maximum Gasteiger partial charge on any atom is 0.315 e. The summed E-state index contributed by atoms with van der Waals surface area (Å²) >= 11 is 0. The molecule has 0 aliphatic rings. The zero-order chi connectivity index (χ0) is 21.9. The molecular formula is C24H50N2O. The van der Waals surface area contributed by atoms with Crippen LogP contribution in [0.2, 0.25) is 0 Å². The molecule has 162 valence electrons. The Kier molecular flexibility index (Phi) is 8.50. The fourth-order valence-corrected chi connectivity index (χ4v) is 4.26. The van der Waals surface area contributed by atoms with Crippen LogP contribution in [-0.2, 0) is 0 Å². The maximum atomic E-state index is 12.7. The second-order valence-electron chi connectivity index (χ2n) is 12.0. The van der Waals surface area contributed by atoms with Crippen molar-refractivity contribution in [3.8, 4) is 0 Å². The summed E-state index contributed by atoms with van der Waals surface area (Å²) in [7, 11) is 0. The van der Waals surface area contributed by atoms with E-state index in [2.05, 4.69) is 101 Å². The van der Waals surface area contributed by atoms with Crippen LogP contribution in [0.3, 0.4) is 0 Å². The number of nitrogens with one attached hydrogen (secondary N) is 2. The average molecular weight is 383 g/mol. The Morgan fingerprint density at radius 2 is 1.26 bits per heavy atom. The Morgan fingerprint density at radius 3 is 1.63 bits per heavy atom. The molecule has 0 aliphatic carbocycles. The smallest absolute Gasteiger partial charge is 0.315 e. The summed E-state index contributed by atoms with van der Waals surface area (Å²) in [6, 6.07) is 0.0855. The molecule has 0 heterocycles. The van der Waals surface area contributed by atoms with Crippen LogP contribution in [0.15, 0.2) is 0 Å². The van der Waals surface area contributed by atoms with E-state index >= 15 is 0 Å². The Bertz CT molecular complexity index is 479. The van der Waals surface area contributed by atoms with Gasteiger partial charge in [-0.1, -0.05) is 82.1 Å². The molecule has 0 radical (unpaired) electrons. The van der Waals surface area contributed by atoms with Crippen molar-refractivity contribution in [3.05, 3.63) is 0 Å². The van der Waals surface area contributed by atoms with Crippen LogP contribution in [0.25, 0.3) is 0 Å². The van der Waals surface area contributed by atoms with Gasteiger partial charge in [-0.3, -0.25) is 0 Å². The molecular weight excluding hydrogens is 332 g/mol. The van der Waals surface area contributed by atoms with Gasteiger partial charge in [0.2, 0.25) is 0 Å². The minimum absolute atomic E-state index is 0.0530. The third kappa shape index (κ3) is 7.31. The van der Waals surface area contributed by atoms with E-state index in [1.807, 2.05) is 0 Å². The summed E-state index contributed by atoms with van der Waals surface area (Å²) in [6.07, 6.45) is 4.21. The highest BCUT2D eigenvalue weighted by molar-refractivity contribution is 5.75. The van der Waals surface area contributed by atoms with E-state index in [1.165, 1.54) is 0 Å². The van der Waals surface area contributed by atoms with Gasteiger partial charge in [0.05, 0.1) is 0 Å². The molecule has 0 spiro atoms. The SMILES string of the molecule is CCC(C)(CC)C(C)(C)CC(C)(C)NC(=O)NC(C)CC(C)(C)C(C)(C)C. The largest absolute Gasteiger partial charge is 0.336 e. The second kappa shape index (κ2) is 8.74. The molecule has 0 bridgehead atoms. The van der Waals surface area contributed by atoms with E-state index < -0.39 is 0 Å². The lowest BCUT2D eigenvalue weighted by Gasteiger charge is -2.48. The standard InChI is InChI=1S/C24H50N2O/c1-14-24(13,15-2)22(9,10)17-23(11,12)26-19(27)25-18(3)16-21(7,8)20(4,5)6/h18H,14-17H2,1-13H3,(H2,25,26,27). The van der Waals surface area contributed by atoms with E-state index in [0.717, 1.165) is 25.7 Å². The summed E-state index contributed by atoms with van der Waals surface area (Å²) in [5.74, 6) is 0. The minimum Gasteiger partial charge on any atom is -0.336 e. The molecule has 0 aromatic heterocycles. The first-order valence-electron chi connectivity index (χ1n) is 10.9. The first-order valence-corrected chi connectivity index (χ1v) is 10.9. The molecule has 1 atom stereocenters. The third-order valence-corrected chi connectivity index (χ3v) is 7.75. The van der Waals surface area contributed by atoms with Gasteiger partial charge in [-0.15, -0.1) is 0 Å². The summed E-state index contributed by atoms with van der Waals surface area (Å²) in [4.78, 5) is 12.7. The number of hydrogen-bond acceptors (Lipinski definition) is 1. The second-order valence-corrected chi connectivity index (χ2v) is 12.0. The monoisotopic (exact) mass is 382 g/mol. The van der Waals surface area contributed by atoms with Crippen LogP contribution in [0, 0.1) is 21.7 Å². The van der Waals surface area contributed by atoms with Crippen LogP contribution >= 0.6 is 0 Å². The highest BCUT2D eigenvalue weighted by atomic mass is 16.2. The number of carbonyl (C=O) groups is 1. The van der Waals surface area contributed by atoms with Gasteiger partial charge in [-0.25, -0.2) is 4.79 Å². The van der Waals surface area contributed by atoms with E-state index in [9.17, 15) is 4.79 Å². The predicted octanol–water partition coefficient (Wildman–Crippen LogP) is 7.16. The van der Waals surface area contributed by atoms with Crippen molar-refractivity contribution < 1.29 is 4.79 Å². The zero-order valence-electron chi connectivity index (χ0n) is 20.8. The Hall–Kier alpha value is -0.730. The molecule has 0 aromatic carbocycles. The molecule has 3 nitrogen and oxygen atoms in total. The molecule has 3 heteroatoms. The number of urea groups is 1. The lowest BCUT2D eigenvalue weighted by atomic mass is 9.59. The molecule has 0 fully saturated rings. The Morgan fingerprint density at radius 1 is 0.815 bits per heavy atom. The number of carbonyl (C=O) groups excluding carboxylic acids is 1. The Labute approximate surface area is 170 Å². The highest BCUT2D eigenvalue weighted by Gasteiger charge is 2.42. The van der Waals surface area contributed by atoms with Crippen LogP contribution in [-0.4, -0.2) is 17.6 Å². The molecule has 2 N–H and O–H groups in total. The highest BCUT2D eigenvalue weighted by Crippen LogP contribution is 2.48. The van der Waals surface area contributed by atoms with Crippen molar-refractivity contribution in [2.24, 2.45) is 21.7 Å². The van der Waals surface area contributed by atoms with Gasteiger partial charge < -0.3 is 10.6 Å². The van der Waals surface area contributed by atoms with E-state index in [1.54, 1.807) is 0 Å². The van der Waals surface area contributed by atoms with Crippen molar-refractivity contribution in [1.29, 1.82) is 0 Å². The Balaban J connectivity index is 4.94. The molecule has 27 heavy (non-hydrogen) atoms. The summed E-state index contributed by atoms with van der Waals surface area (Å²) in [5, 5.41) is 6.40. The number of hydrogen-bond donors (Lipinski definition) is 2. The van der Waals surface area contributed by atoms with E-state index in [-0.39, 0.29) is 39.3 Å². The van der Waals surface area contributed by atoms with E-state index in [4.69, 9.17) is 0 Å². The molecule has 1 unspecified atom stereocenters. The quantitative estimate of drug-likeness (QED) is 0.436. The number of amides is 2. The van der Waals surface area contributed by atoms with Crippen LogP contribution < -0.4 is 10.6 Å². The fourth-order valence-electron chi connectivity index (χ4n) is 4.26. The van der Waals surface area contributed by atoms with Crippen LogP contribution in [0.1, 0.15) is 116 Å². The lowest BCUT2D eigenvalue weighted by molar-refractivity contribution is 0.0438. The lowest BCUT2D eigenvalue weighted by Crippen LogP contribution is -2.54. The van der Waals surface area contributed by atoms with Crippen molar-refractivity contribution in [3.63, 3.8) is 0 Å². The first-order chi connectivity index (χ1) is 11.8. The first kappa shape index (κ1) is 26.3. The van der Waals surface area contributed by atoms with Gasteiger partial charge in [0.1, 0.15) is 0 Å². The molecule has 0 saturated carbocycles. The molecule has 2 amide bonds. The van der Waals surface area contributed by atoms with Gasteiger partial charge in [0.15, 0.2) is 0 Å². The molecule has 0 saturated heterocycles. The average Bonchev–Trinajstić information content (AvgIpc) is 2.41. The van der Waals surface area contributed by atoms with Gasteiger partial charge in [-0.05, 0) is 55.3 Å². The van der Waals surface area contributed by atoms with Crippen molar-refractivity contribution in [2.75, 3.05) is 0 Å². The predicted molar refractivity (Wildman–Crippen MR) is 120 cm³/mol. The summed E-state index contributed by atoms with van der Waals surface area (Å²) in [6.45, 7) is 29.4. The minimum atomic E-state index is -0.252. The summed E-state index contributed by atoms with van der Waals surface area (Å²) in [5.41, 5.74) is 0.521. The van der Waals surface area contributed by atoms with Crippen LogP contribution in [0.5, 0.6) is 0 Å². The third-order valence-electron chi connectivity index (χ3n) is 7.75. The van der Waals surface area contributed by atoms with Crippen molar-refractivity contribution in [1.82, 2.24) is 10.6 Å². The maximum absolute atomic E-state index is 12.7. The zero-order valence-corrected chi connectivity index (χ0v) is 20.8. The van der Waals surface area contributed by atoms with Crippen LogP contribution in [0.4, 0.5) is 4.79 Å². The van der Waals surface area contributed by atoms with Gasteiger partial charge in [-0.2, -0.15) is 0 Å². The topological polar surface area (TPSA) is 41.1 Å². The molecule has 0 aromatic rings. The van der Waals surface area contributed by atoms with E-state index in [0.29, 0.717) is 0 Å². The number of rotatable bonds is 9. The van der Waals surface area contributed by atoms with Crippen molar-refractivity contribution in [2.45, 2.75) is 127 Å². The van der Waals surface area contributed by atoms with Crippen molar-refractivity contribution >= 4 is 6.03 Å². The van der Waals surface area contributed by atoms with Gasteiger partial charge in [0, 0.05) is 11.6 Å². The van der Waals surface area contributed by atoms with Gasteiger partial charge >= 0.3 is 6.03 Å². The normalized spacial score (nSPS) is 15.4. The summed E-state index contributed by atoms with van der Waals surface area (Å²) < 4.78 is 0. The van der Waals surface area contributed by atoms with Gasteiger partial charge in [0.25, 0.3) is 0 Å². The fraction of sp³-hybridized carbons (Fsp3) is 0.958. The molecule has 0 rings (SSSR count). The molecule has 0 aliphatic heterocycles.